The number of hydrogen-bond donors (Lipinski definition) is 1. The molecule has 5 aromatic rings. The van der Waals surface area contributed by atoms with Gasteiger partial charge in [0, 0.05) is 18.3 Å². The van der Waals surface area contributed by atoms with Crippen molar-refractivity contribution in [3.8, 4) is 11.5 Å². The molecule has 4 aromatic heterocycles. The number of halogens is 1. The van der Waals surface area contributed by atoms with Gasteiger partial charge >= 0.3 is 5.69 Å². The van der Waals surface area contributed by atoms with Gasteiger partial charge in [-0.15, -0.1) is 0 Å². The lowest BCUT2D eigenvalue weighted by atomic mass is 10.2. The summed E-state index contributed by atoms with van der Waals surface area (Å²) in [7, 11) is 0. The van der Waals surface area contributed by atoms with E-state index in [-0.39, 0.29) is 18.1 Å². The highest BCUT2D eigenvalue weighted by Gasteiger charge is 2.24. The Morgan fingerprint density at radius 3 is 2.84 bits per heavy atom. The van der Waals surface area contributed by atoms with E-state index in [4.69, 9.17) is 0 Å². The molecule has 0 saturated heterocycles. The fourth-order valence-corrected chi connectivity index (χ4v) is 3.87. The van der Waals surface area contributed by atoms with Gasteiger partial charge in [0.1, 0.15) is 17.0 Å². The van der Waals surface area contributed by atoms with Gasteiger partial charge in [-0.2, -0.15) is 5.10 Å². The Bertz CT molecular complexity index is 1500. The summed E-state index contributed by atoms with van der Waals surface area (Å²) in [6, 6.07) is 10.3. The number of rotatable bonds is 5. The molecule has 1 aliphatic rings. The Morgan fingerprint density at radius 1 is 1.13 bits per heavy atom. The van der Waals surface area contributed by atoms with Crippen LogP contribution in [0.25, 0.3) is 33.7 Å². The highest BCUT2D eigenvalue weighted by molar-refractivity contribution is 5.90. The van der Waals surface area contributed by atoms with E-state index in [1.165, 1.54) is 6.07 Å². The third kappa shape index (κ3) is 3.09. The molecular weight excluding hydrogens is 397 g/mol. The van der Waals surface area contributed by atoms with Crippen LogP contribution >= 0.6 is 0 Å². The zero-order valence-electron chi connectivity index (χ0n) is 16.5. The van der Waals surface area contributed by atoms with Crippen molar-refractivity contribution < 1.29 is 4.39 Å². The van der Waals surface area contributed by atoms with Crippen LogP contribution in [0.5, 0.6) is 0 Å². The SMILES string of the molecule is O=c1[nH]c2nc(-c3nn(Cc4ccccc4F)c4ncccc34)ncc2n1CC1CC1. The van der Waals surface area contributed by atoms with Gasteiger partial charge in [-0.3, -0.25) is 9.55 Å². The summed E-state index contributed by atoms with van der Waals surface area (Å²) in [5.74, 6) is 0.647. The van der Waals surface area contributed by atoms with Gasteiger partial charge in [-0.05, 0) is 37.0 Å². The van der Waals surface area contributed by atoms with Crippen molar-refractivity contribution in [3.63, 3.8) is 0 Å². The topological polar surface area (TPSA) is 94.3 Å². The summed E-state index contributed by atoms with van der Waals surface area (Å²) in [6.07, 6.45) is 5.63. The number of imidazole rings is 1. The Hall–Kier alpha value is -3.88. The molecule has 0 spiro atoms. The molecule has 1 aromatic carbocycles. The van der Waals surface area contributed by atoms with E-state index < -0.39 is 0 Å². The monoisotopic (exact) mass is 415 g/mol. The minimum Gasteiger partial charge on any atom is -0.290 e. The molecule has 0 radical (unpaired) electrons. The largest absolute Gasteiger partial charge is 0.327 e. The molecule has 1 fully saturated rings. The maximum absolute atomic E-state index is 14.2. The summed E-state index contributed by atoms with van der Waals surface area (Å²) in [4.78, 5) is 28.7. The second-order valence-electron chi connectivity index (χ2n) is 7.88. The van der Waals surface area contributed by atoms with Gasteiger partial charge in [0.15, 0.2) is 17.1 Å². The van der Waals surface area contributed by atoms with E-state index in [0.717, 1.165) is 18.2 Å². The van der Waals surface area contributed by atoms with Crippen LogP contribution in [0.1, 0.15) is 18.4 Å². The summed E-state index contributed by atoms with van der Waals surface area (Å²) in [6.45, 7) is 0.919. The molecule has 1 aliphatic carbocycles. The first-order chi connectivity index (χ1) is 15.2. The minimum absolute atomic E-state index is 0.176. The average Bonchev–Trinajstić information content (AvgIpc) is 3.46. The number of aromatic amines is 1. The third-order valence-corrected chi connectivity index (χ3v) is 5.67. The number of fused-ring (bicyclic) bond motifs is 2. The van der Waals surface area contributed by atoms with E-state index in [9.17, 15) is 9.18 Å². The molecule has 4 heterocycles. The number of hydrogen-bond acceptors (Lipinski definition) is 5. The molecule has 1 N–H and O–H groups in total. The second-order valence-corrected chi connectivity index (χ2v) is 7.88. The number of aromatic nitrogens is 7. The lowest BCUT2D eigenvalue weighted by molar-refractivity contribution is 0.589. The number of nitrogens with zero attached hydrogens (tertiary/aromatic N) is 6. The molecule has 9 heteroatoms. The van der Waals surface area contributed by atoms with Crippen molar-refractivity contribution in [2.45, 2.75) is 25.9 Å². The van der Waals surface area contributed by atoms with Gasteiger partial charge in [-0.25, -0.2) is 28.8 Å². The van der Waals surface area contributed by atoms with Crippen LogP contribution in [0.2, 0.25) is 0 Å². The Labute approximate surface area is 175 Å². The second kappa shape index (κ2) is 6.83. The summed E-state index contributed by atoms with van der Waals surface area (Å²) in [5, 5.41) is 5.42. The zero-order valence-corrected chi connectivity index (χ0v) is 16.5. The first-order valence-corrected chi connectivity index (χ1v) is 10.2. The molecule has 0 unspecified atom stereocenters. The predicted molar refractivity (Wildman–Crippen MR) is 113 cm³/mol. The van der Waals surface area contributed by atoms with E-state index in [1.807, 2.05) is 12.1 Å². The highest BCUT2D eigenvalue weighted by Crippen LogP contribution is 2.31. The van der Waals surface area contributed by atoms with Crippen molar-refractivity contribution in [1.29, 1.82) is 0 Å². The van der Waals surface area contributed by atoms with Crippen LogP contribution < -0.4 is 5.69 Å². The average molecular weight is 415 g/mol. The van der Waals surface area contributed by atoms with Crippen molar-refractivity contribution in [2.75, 3.05) is 0 Å². The summed E-state index contributed by atoms with van der Waals surface area (Å²) < 4.78 is 17.5. The molecule has 154 valence electrons. The molecule has 0 aliphatic heterocycles. The van der Waals surface area contributed by atoms with Gasteiger partial charge in [0.2, 0.25) is 0 Å². The van der Waals surface area contributed by atoms with E-state index in [1.54, 1.807) is 39.8 Å². The lowest BCUT2D eigenvalue weighted by Gasteiger charge is -2.04. The molecule has 8 nitrogen and oxygen atoms in total. The van der Waals surface area contributed by atoms with Crippen LogP contribution in [0, 0.1) is 11.7 Å². The number of pyridine rings is 1. The van der Waals surface area contributed by atoms with E-state index >= 15 is 0 Å². The molecule has 0 atom stereocenters. The maximum atomic E-state index is 14.2. The number of H-pyrrole nitrogens is 1. The summed E-state index contributed by atoms with van der Waals surface area (Å²) >= 11 is 0. The van der Waals surface area contributed by atoms with Crippen molar-refractivity contribution in [3.05, 3.63) is 70.7 Å². The molecule has 1 saturated carbocycles. The van der Waals surface area contributed by atoms with Crippen LogP contribution in [-0.2, 0) is 13.1 Å². The van der Waals surface area contributed by atoms with Gasteiger partial charge < -0.3 is 0 Å². The number of benzene rings is 1. The normalized spacial score (nSPS) is 14.0. The van der Waals surface area contributed by atoms with Gasteiger partial charge in [0.25, 0.3) is 0 Å². The molecule has 31 heavy (non-hydrogen) atoms. The maximum Gasteiger partial charge on any atom is 0.327 e. The van der Waals surface area contributed by atoms with Crippen LogP contribution in [0.15, 0.2) is 53.6 Å². The van der Waals surface area contributed by atoms with Crippen molar-refractivity contribution in [1.82, 2.24) is 34.3 Å². The van der Waals surface area contributed by atoms with Crippen molar-refractivity contribution >= 4 is 22.2 Å². The third-order valence-electron chi connectivity index (χ3n) is 5.67. The highest BCUT2D eigenvalue weighted by atomic mass is 19.1. The predicted octanol–water partition coefficient (Wildman–Crippen LogP) is 3.13. The van der Waals surface area contributed by atoms with Crippen LogP contribution in [0.3, 0.4) is 0 Å². The smallest absolute Gasteiger partial charge is 0.290 e. The first-order valence-electron chi connectivity index (χ1n) is 10.2. The van der Waals surface area contributed by atoms with Crippen LogP contribution in [-0.4, -0.2) is 34.3 Å². The summed E-state index contributed by atoms with van der Waals surface area (Å²) in [5.41, 5.74) is 2.67. The molecular formula is C22H18FN7O. The van der Waals surface area contributed by atoms with Gasteiger partial charge in [0.05, 0.1) is 18.1 Å². The fourth-order valence-electron chi connectivity index (χ4n) is 3.87. The number of nitrogens with one attached hydrogen (secondary N) is 1. The Morgan fingerprint density at radius 2 is 2.00 bits per heavy atom. The quantitative estimate of drug-likeness (QED) is 0.476. The molecule has 6 rings (SSSR count). The van der Waals surface area contributed by atoms with Crippen LogP contribution in [0.4, 0.5) is 4.39 Å². The van der Waals surface area contributed by atoms with Crippen molar-refractivity contribution in [2.24, 2.45) is 5.92 Å². The molecule has 0 bridgehead atoms. The standard InChI is InChI=1S/C22H18FN7O/c23-16-6-2-1-4-14(16)12-30-21-15(5-3-9-24-21)18(28-30)20-25-10-17-19(26-20)27-22(31)29(17)11-13-7-8-13/h1-6,9-10,13H,7-8,11-12H2,(H,25,26,27,31). The van der Waals surface area contributed by atoms with E-state index in [0.29, 0.717) is 46.4 Å². The zero-order chi connectivity index (χ0) is 20.9. The van der Waals surface area contributed by atoms with Gasteiger partial charge in [-0.1, -0.05) is 18.2 Å². The van der Waals surface area contributed by atoms with E-state index in [2.05, 4.69) is 25.0 Å². The minimum atomic E-state index is -0.295. The Balaban J connectivity index is 1.46. The first kappa shape index (κ1) is 17.9. The molecule has 0 amide bonds. The fraction of sp³-hybridized carbons (Fsp3) is 0.227. The Kier molecular flexibility index (Phi) is 3.95. The lowest BCUT2D eigenvalue weighted by Crippen LogP contribution is -2.17.